The summed E-state index contributed by atoms with van der Waals surface area (Å²) in [6.45, 7) is 3.96. The van der Waals surface area contributed by atoms with E-state index >= 15 is 0 Å². The van der Waals surface area contributed by atoms with Crippen molar-refractivity contribution in [1.29, 1.82) is 0 Å². The second-order valence-corrected chi connectivity index (χ2v) is 13.4. The number of aryl methyl sites for hydroxylation is 1. The highest BCUT2D eigenvalue weighted by Gasteiger charge is 2.26. The summed E-state index contributed by atoms with van der Waals surface area (Å²) < 4.78 is 13.2. The number of aromatic nitrogens is 3. The van der Waals surface area contributed by atoms with Crippen LogP contribution in [-0.4, -0.2) is 81.0 Å². The number of thiophene rings is 1. The van der Waals surface area contributed by atoms with Crippen LogP contribution in [0.2, 0.25) is 0 Å². The van der Waals surface area contributed by atoms with Gasteiger partial charge in [-0.25, -0.2) is 9.48 Å². The molecule has 0 unspecified atom stereocenters. The van der Waals surface area contributed by atoms with E-state index in [1.54, 1.807) is 17.4 Å². The van der Waals surface area contributed by atoms with Crippen molar-refractivity contribution in [3.8, 4) is 21.9 Å². The number of hydrogen-bond donors (Lipinski definition) is 5. The molecule has 4 heterocycles. The zero-order valence-electron chi connectivity index (χ0n) is 27.4. The molecule has 1 atom stereocenters. The number of likely N-dealkylation sites (tertiary alicyclic amines) is 1. The highest BCUT2D eigenvalue weighted by molar-refractivity contribution is 7.14. The first-order valence-corrected chi connectivity index (χ1v) is 17.6. The third-order valence-corrected chi connectivity index (χ3v) is 9.94. The van der Waals surface area contributed by atoms with E-state index in [9.17, 15) is 19.8 Å². The second kappa shape index (κ2) is 15.3. The smallest absolute Gasteiger partial charge is 0.411 e. The number of piperidine rings is 1. The molecule has 1 saturated heterocycles. The highest BCUT2D eigenvalue weighted by atomic mass is 32.1. The SMILES string of the molecule is O=C1COc2c([C@@H](O)CNCc3ccc4c(c3)nnn4CCCN3CCC(OC(=O)Nc4ccsc4-c4ccccc4)CC3)ccc(O)c2N1. The molecule has 0 spiro atoms. The molecule has 7 rings (SSSR count). The number of phenolic OH excluding ortho intramolecular Hbond substituents is 1. The van der Waals surface area contributed by atoms with E-state index in [0.29, 0.717) is 12.1 Å². The number of nitrogens with one attached hydrogen (secondary N) is 3. The molecule has 2 amide bonds. The Hall–Kier alpha value is -5.02. The summed E-state index contributed by atoms with van der Waals surface area (Å²) in [5.41, 5.74) is 5.26. The molecular formula is C36H39N7O6S. The Morgan fingerprint density at radius 3 is 2.78 bits per heavy atom. The van der Waals surface area contributed by atoms with Crippen LogP contribution >= 0.6 is 11.3 Å². The Morgan fingerprint density at radius 1 is 1.10 bits per heavy atom. The minimum absolute atomic E-state index is 0.104. The summed E-state index contributed by atoms with van der Waals surface area (Å²) in [5.74, 6) is -0.189. The van der Waals surface area contributed by atoms with E-state index in [4.69, 9.17) is 9.47 Å². The first-order valence-electron chi connectivity index (χ1n) is 16.7. The van der Waals surface area contributed by atoms with E-state index in [0.717, 1.165) is 78.2 Å². The van der Waals surface area contributed by atoms with Gasteiger partial charge >= 0.3 is 6.09 Å². The van der Waals surface area contributed by atoms with Gasteiger partial charge in [0.05, 0.1) is 22.2 Å². The van der Waals surface area contributed by atoms with Gasteiger partial charge in [0, 0.05) is 38.3 Å². The molecule has 2 aliphatic heterocycles. The fourth-order valence-electron chi connectivity index (χ4n) is 6.40. The van der Waals surface area contributed by atoms with Crippen molar-refractivity contribution in [1.82, 2.24) is 25.2 Å². The fraction of sp³-hybridized carbons (Fsp3) is 0.333. The molecule has 3 aromatic carbocycles. The van der Waals surface area contributed by atoms with Crippen molar-refractivity contribution in [3.05, 3.63) is 83.2 Å². The number of rotatable bonds is 12. The Labute approximate surface area is 292 Å². The van der Waals surface area contributed by atoms with Gasteiger partial charge in [-0.2, -0.15) is 0 Å². The molecule has 0 saturated carbocycles. The lowest BCUT2D eigenvalue weighted by atomic mass is 10.0. The number of anilines is 2. The Balaban J connectivity index is 0.830. The van der Waals surface area contributed by atoms with Gasteiger partial charge in [-0.15, -0.1) is 16.4 Å². The van der Waals surface area contributed by atoms with Gasteiger partial charge in [0.25, 0.3) is 5.91 Å². The van der Waals surface area contributed by atoms with Crippen molar-refractivity contribution in [3.63, 3.8) is 0 Å². The number of hydrogen-bond acceptors (Lipinski definition) is 11. The lowest BCUT2D eigenvalue weighted by Gasteiger charge is -2.31. The molecule has 5 aromatic rings. The number of ether oxygens (including phenoxy) is 2. The van der Waals surface area contributed by atoms with Crippen molar-refractivity contribution in [2.75, 3.05) is 43.4 Å². The van der Waals surface area contributed by atoms with E-state index in [1.165, 1.54) is 6.07 Å². The molecular weight excluding hydrogens is 659 g/mol. The van der Waals surface area contributed by atoms with Crippen LogP contribution in [0.5, 0.6) is 11.5 Å². The Kier molecular flexibility index (Phi) is 10.2. The molecule has 0 bridgehead atoms. The average molecular weight is 698 g/mol. The number of amides is 2. The van der Waals surface area contributed by atoms with Crippen LogP contribution in [0, 0.1) is 0 Å². The molecule has 2 aromatic heterocycles. The molecule has 260 valence electrons. The quantitative estimate of drug-likeness (QED) is 0.111. The van der Waals surface area contributed by atoms with E-state index < -0.39 is 12.2 Å². The number of carbonyl (C=O) groups is 2. The maximum Gasteiger partial charge on any atom is 0.411 e. The molecule has 2 aliphatic rings. The topological polar surface area (TPSA) is 163 Å². The fourth-order valence-corrected chi connectivity index (χ4v) is 7.26. The minimum atomic E-state index is -0.910. The number of benzene rings is 3. The maximum absolute atomic E-state index is 12.7. The van der Waals surface area contributed by atoms with Crippen LogP contribution < -0.4 is 20.7 Å². The predicted molar refractivity (Wildman–Crippen MR) is 190 cm³/mol. The summed E-state index contributed by atoms with van der Waals surface area (Å²) in [4.78, 5) is 27.8. The van der Waals surface area contributed by atoms with E-state index in [2.05, 4.69) is 31.2 Å². The summed E-state index contributed by atoms with van der Waals surface area (Å²) in [7, 11) is 0. The second-order valence-electron chi connectivity index (χ2n) is 12.5. The maximum atomic E-state index is 12.7. The van der Waals surface area contributed by atoms with Gasteiger partial charge in [-0.05, 0) is 72.6 Å². The van der Waals surface area contributed by atoms with Crippen molar-refractivity contribution in [2.45, 2.75) is 44.6 Å². The normalized spacial score (nSPS) is 15.7. The standard InChI is InChI=1S/C36H39N7O6S/c44-30-10-8-26(34-33(30)39-32(46)22-48-34)31(45)21-37-20-23-7-9-29-28(19-23)40-41-43(29)15-4-14-42-16-11-25(12-17-42)49-36(47)38-27-13-18-50-35(27)24-5-2-1-3-6-24/h1-3,5-10,13,18-19,25,31,37,44-45H,4,11-12,14-17,20-22H2,(H,38,47)(H,39,46)/t31-/m0/s1. The third-order valence-electron chi connectivity index (χ3n) is 8.97. The number of phenols is 1. The third kappa shape index (κ3) is 7.73. The van der Waals surface area contributed by atoms with Crippen LogP contribution in [0.15, 0.2) is 72.1 Å². The lowest BCUT2D eigenvalue weighted by Crippen LogP contribution is -2.39. The average Bonchev–Trinajstić information content (AvgIpc) is 3.76. The molecule has 0 radical (unpaired) electrons. The van der Waals surface area contributed by atoms with Gasteiger partial charge in [0.1, 0.15) is 23.1 Å². The first kappa shape index (κ1) is 33.5. The van der Waals surface area contributed by atoms with Crippen LogP contribution in [0.3, 0.4) is 0 Å². The van der Waals surface area contributed by atoms with Gasteiger partial charge in [-0.3, -0.25) is 10.1 Å². The summed E-state index contributed by atoms with van der Waals surface area (Å²) in [5, 5.41) is 40.4. The van der Waals surface area contributed by atoms with E-state index in [1.807, 2.05) is 64.7 Å². The van der Waals surface area contributed by atoms with Crippen molar-refractivity contribution in [2.24, 2.45) is 0 Å². The predicted octanol–water partition coefficient (Wildman–Crippen LogP) is 5.12. The largest absolute Gasteiger partial charge is 0.506 e. The number of aliphatic hydroxyl groups is 1. The van der Waals surface area contributed by atoms with Gasteiger partial charge in [0.15, 0.2) is 12.4 Å². The summed E-state index contributed by atoms with van der Waals surface area (Å²) in [6.07, 6.45) is 1.09. The summed E-state index contributed by atoms with van der Waals surface area (Å²) >= 11 is 1.59. The number of fused-ring (bicyclic) bond motifs is 2. The number of nitrogens with zero attached hydrogens (tertiary/aromatic N) is 4. The molecule has 1 fully saturated rings. The van der Waals surface area contributed by atoms with Crippen LogP contribution in [0.4, 0.5) is 16.2 Å². The number of aromatic hydroxyl groups is 1. The molecule has 0 aliphatic carbocycles. The van der Waals surface area contributed by atoms with Gasteiger partial charge in [-0.1, -0.05) is 41.6 Å². The number of carbonyl (C=O) groups excluding carboxylic acids is 2. The monoisotopic (exact) mass is 697 g/mol. The van der Waals surface area contributed by atoms with Crippen LogP contribution in [-0.2, 0) is 22.6 Å². The zero-order chi connectivity index (χ0) is 34.5. The Morgan fingerprint density at radius 2 is 1.94 bits per heavy atom. The highest BCUT2D eigenvalue weighted by Crippen LogP contribution is 2.41. The molecule has 14 heteroatoms. The van der Waals surface area contributed by atoms with Gasteiger partial charge in [0.2, 0.25) is 0 Å². The Bertz CT molecular complexity index is 1960. The first-order chi connectivity index (χ1) is 24.4. The van der Waals surface area contributed by atoms with Gasteiger partial charge < -0.3 is 35.2 Å². The summed E-state index contributed by atoms with van der Waals surface area (Å²) in [6, 6.07) is 21.0. The lowest BCUT2D eigenvalue weighted by molar-refractivity contribution is -0.118. The van der Waals surface area contributed by atoms with Crippen LogP contribution in [0.25, 0.3) is 21.5 Å². The van der Waals surface area contributed by atoms with Crippen molar-refractivity contribution < 1.29 is 29.3 Å². The molecule has 50 heavy (non-hydrogen) atoms. The van der Waals surface area contributed by atoms with Crippen molar-refractivity contribution >= 4 is 45.7 Å². The number of aliphatic hydroxyl groups excluding tert-OH is 1. The van der Waals surface area contributed by atoms with Crippen LogP contribution in [0.1, 0.15) is 36.5 Å². The zero-order valence-corrected chi connectivity index (χ0v) is 28.2. The molecule has 13 nitrogen and oxygen atoms in total. The molecule has 5 N–H and O–H groups in total. The minimum Gasteiger partial charge on any atom is -0.506 e. The van der Waals surface area contributed by atoms with E-state index in [-0.39, 0.29) is 42.3 Å².